The second kappa shape index (κ2) is 10.5. The van der Waals surface area contributed by atoms with E-state index in [-0.39, 0.29) is 10.8 Å². The van der Waals surface area contributed by atoms with Gasteiger partial charge in [-0.1, -0.05) is 42.0 Å². The lowest BCUT2D eigenvalue weighted by Crippen LogP contribution is -2.39. The van der Waals surface area contributed by atoms with Gasteiger partial charge in [-0.25, -0.2) is 8.42 Å². The summed E-state index contributed by atoms with van der Waals surface area (Å²) in [7, 11) is -4.04. The predicted molar refractivity (Wildman–Crippen MR) is 142 cm³/mol. The molecule has 4 rings (SSSR count). The number of sulfonamides is 1. The zero-order chi connectivity index (χ0) is 25.9. The lowest BCUT2D eigenvalue weighted by atomic mass is 10.1. The molecule has 1 N–H and O–H groups in total. The van der Waals surface area contributed by atoms with Crippen LogP contribution in [0.1, 0.15) is 39.9 Å². The predicted octanol–water partition coefficient (Wildman–Crippen LogP) is 4.68. The van der Waals surface area contributed by atoms with Crippen molar-refractivity contribution < 1.29 is 18.0 Å². The first-order valence-corrected chi connectivity index (χ1v) is 13.5. The highest BCUT2D eigenvalue weighted by Crippen LogP contribution is 2.29. The molecule has 0 unspecified atom stereocenters. The SMILES string of the molecule is Cc1ccc(S(=O)(=O)N(CC(=O)Nc2ccccc2C(=O)N2CCCC2)c2cccc(C)c2C)cc1. The zero-order valence-corrected chi connectivity index (χ0v) is 21.6. The van der Waals surface area contributed by atoms with E-state index >= 15 is 0 Å². The van der Waals surface area contributed by atoms with Crippen LogP contribution < -0.4 is 9.62 Å². The molecule has 0 bridgehead atoms. The number of nitrogens with one attached hydrogen (secondary N) is 1. The number of hydrogen-bond donors (Lipinski definition) is 1. The van der Waals surface area contributed by atoms with Crippen LogP contribution in [0.15, 0.2) is 71.6 Å². The number of amides is 2. The van der Waals surface area contributed by atoms with Crippen LogP contribution >= 0.6 is 0 Å². The zero-order valence-electron chi connectivity index (χ0n) is 20.8. The Morgan fingerprint density at radius 1 is 0.889 bits per heavy atom. The molecule has 3 aromatic carbocycles. The standard InChI is InChI=1S/C28H31N3O4S/c1-20-13-15-23(16-14-20)36(34,35)31(26-12-8-9-21(2)22(26)3)19-27(32)29-25-11-5-4-10-24(25)28(33)30-17-6-7-18-30/h4-5,8-16H,6-7,17-19H2,1-3H3,(H,29,32). The number of carbonyl (C=O) groups excluding carboxylic acids is 2. The number of para-hydroxylation sites is 1. The number of hydrogen-bond acceptors (Lipinski definition) is 4. The normalized spacial score (nSPS) is 13.5. The molecular weight excluding hydrogens is 474 g/mol. The van der Waals surface area contributed by atoms with Crippen LogP contribution in [0.2, 0.25) is 0 Å². The van der Waals surface area contributed by atoms with Crippen LogP contribution in [0.25, 0.3) is 0 Å². The fraction of sp³-hybridized carbons (Fsp3) is 0.286. The Labute approximate surface area is 212 Å². The first-order chi connectivity index (χ1) is 17.2. The van der Waals surface area contributed by atoms with Crippen molar-refractivity contribution in [2.75, 3.05) is 29.3 Å². The molecule has 0 radical (unpaired) electrons. The Morgan fingerprint density at radius 2 is 1.56 bits per heavy atom. The largest absolute Gasteiger partial charge is 0.339 e. The fourth-order valence-electron chi connectivity index (χ4n) is 4.33. The monoisotopic (exact) mass is 505 g/mol. The quantitative estimate of drug-likeness (QED) is 0.505. The molecule has 1 aliphatic rings. The number of likely N-dealkylation sites (tertiary alicyclic amines) is 1. The lowest BCUT2D eigenvalue weighted by molar-refractivity contribution is -0.114. The molecule has 2 amide bonds. The Bertz CT molecular complexity index is 1380. The van der Waals surface area contributed by atoms with E-state index in [9.17, 15) is 18.0 Å². The van der Waals surface area contributed by atoms with Crippen molar-refractivity contribution in [2.24, 2.45) is 0 Å². The number of anilines is 2. The van der Waals surface area contributed by atoms with Gasteiger partial charge in [0.05, 0.1) is 21.8 Å². The number of carbonyl (C=O) groups is 2. The van der Waals surface area contributed by atoms with E-state index in [0.29, 0.717) is 30.0 Å². The number of benzene rings is 3. The summed E-state index contributed by atoms with van der Waals surface area (Å²) >= 11 is 0. The van der Waals surface area contributed by atoms with Crippen LogP contribution in [-0.4, -0.2) is 44.8 Å². The summed E-state index contributed by atoms with van der Waals surface area (Å²) in [5.41, 5.74) is 3.82. The average Bonchev–Trinajstić information content (AvgIpc) is 3.40. The van der Waals surface area contributed by atoms with E-state index in [1.54, 1.807) is 65.6 Å². The Hall–Kier alpha value is -3.65. The van der Waals surface area contributed by atoms with Gasteiger partial charge in [-0.05, 0) is 75.1 Å². The maximum atomic E-state index is 13.7. The molecule has 8 heteroatoms. The molecule has 1 aliphatic heterocycles. The van der Waals surface area contributed by atoms with Gasteiger partial charge >= 0.3 is 0 Å². The summed E-state index contributed by atoms with van der Waals surface area (Å²) in [6.07, 6.45) is 1.92. The van der Waals surface area contributed by atoms with Crippen molar-refractivity contribution >= 4 is 33.2 Å². The minimum atomic E-state index is -4.04. The molecule has 1 fully saturated rings. The van der Waals surface area contributed by atoms with Gasteiger partial charge in [-0.15, -0.1) is 0 Å². The highest BCUT2D eigenvalue weighted by atomic mass is 32.2. The summed E-state index contributed by atoms with van der Waals surface area (Å²) in [5, 5.41) is 2.79. The maximum absolute atomic E-state index is 13.7. The van der Waals surface area contributed by atoms with Crippen molar-refractivity contribution in [3.63, 3.8) is 0 Å². The van der Waals surface area contributed by atoms with Crippen molar-refractivity contribution in [3.05, 3.63) is 89.0 Å². The van der Waals surface area contributed by atoms with Crippen LogP contribution in [0.3, 0.4) is 0 Å². The van der Waals surface area contributed by atoms with Gasteiger partial charge < -0.3 is 10.2 Å². The van der Waals surface area contributed by atoms with E-state index in [4.69, 9.17) is 0 Å². The summed E-state index contributed by atoms with van der Waals surface area (Å²) < 4.78 is 28.6. The molecule has 36 heavy (non-hydrogen) atoms. The van der Waals surface area contributed by atoms with Gasteiger partial charge in [-0.3, -0.25) is 13.9 Å². The fourth-order valence-corrected chi connectivity index (χ4v) is 5.81. The summed E-state index contributed by atoms with van der Waals surface area (Å²) in [5.74, 6) is -0.671. The van der Waals surface area contributed by atoms with E-state index < -0.39 is 22.5 Å². The second-order valence-electron chi connectivity index (χ2n) is 9.14. The average molecular weight is 506 g/mol. The van der Waals surface area contributed by atoms with Crippen LogP contribution in [0.4, 0.5) is 11.4 Å². The molecule has 0 aliphatic carbocycles. The minimum absolute atomic E-state index is 0.103. The van der Waals surface area contributed by atoms with Crippen LogP contribution in [0, 0.1) is 20.8 Å². The highest BCUT2D eigenvalue weighted by Gasteiger charge is 2.29. The first kappa shape index (κ1) is 25.4. The highest BCUT2D eigenvalue weighted by molar-refractivity contribution is 7.92. The van der Waals surface area contributed by atoms with E-state index in [1.165, 1.54) is 0 Å². The Morgan fingerprint density at radius 3 is 2.25 bits per heavy atom. The lowest BCUT2D eigenvalue weighted by Gasteiger charge is -2.26. The van der Waals surface area contributed by atoms with Crippen LogP contribution in [0.5, 0.6) is 0 Å². The molecule has 188 valence electrons. The Kier molecular flexibility index (Phi) is 7.45. The van der Waals surface area contributed by atoms with Gasteiger partial charge in [0.2, 0.25) is 5.91 Å². The minimum Gasteiger partial charge on any atom is -0.339 e. The third kappa shape index (κ3) is 5.28. The molecule has 0 atom stereocenters. The first-order valence-electron chi connectivity index (χ1n) is 12.0. The maximum Gasteiger partial charge on any atom is 0.264 e. The third-order valence-electron chi connectivity index (χ3n) is 6.57. The van der Waals surface area contributed by atoms with Crippen LogP contribution in [-0.2, 0) is 14.8 Å². The molecule has 0 saturated carbocycles. The summed E-state index contributed by atoms with van der Waals surface area (Å²) in [6.45, 7) is 6.56. The second-order valence-corrected chi connectivity index (χ2v) is 11.0. The van der Waals surface area contributed by atoms with Gasteiger partial charge in [0, 0.05) is 13.1 Å². The molecule has 0 aromatic heterocycles. The number of aryl methyl sites for hydroxylation is 2. The number of nitrogens with zero attached hydrogens (tertiary/aromatic N) is 2. The molecule has 0 spiro atoms. The van der Waals surface area contributed by atoms with Crippen molar-refractivity contribution in [1.82, 2.24) is 4.90 Å². The van der Waals surface area contributed by atoms with Gasteiger partial charge in [-0.2, -0.15) is 0 Å². The van der Waals surface area contributed by atoms with Gasteiger partial charge in [0.15, 0.2) is 0 Å². The summed E-state index contributed by atoms with van der Waals surface area (Å²) in [6, 6.07) is 18.8. The smallest absolute Gasteiger partial charge is 0.264 e. The molecule has 3 aromatic rings. The molecule has 1 saturated heterocycles. The van der Waals surface area contributed by atoms with Crippen molar-refractivity contribution in [2.45, 2.75) is 38.5 Å². The number of rotatable bonds is 7. The van der Waals surface area contributed by atoms with Crippen molar-refractivity contribution in [1.29, 1.82) is 0 Å². The van der Waals surface area contributed by atoms with Gasteiger partial charge in [0.25, 0.3) is 15.9 Å². The molecule has 1 heterocycles. The topological polar surface area (TPSA) is 86.8 Å². The molecule has 7 nitrogen and oxygen atoms in total. The third-order valence-corrected chi connectivity index (χ3v) is 8.34. The van der Waals surface area contributed by atoms with Gasteiger partial charge in [0.1, 0.15) is 6.54 Å². The summed E-state index contributed by atoms with van der Waals surface area (Å²) in [4.78, 5) is 28.2. The van der Waals surface area contributed by atoms with E-state index in [2.05, 4.69) is 5.32 Å². The van der Waals surface area contributed by atoms with E-state index in [0.717, 1.165) is 33.8 Å². The Balaban J connectivity index is 1.66. The molecular formula is C28H31N3O4S. The van der Waals surface area contributed by atoms with E-state index in [1.807, 2.05) is 26.8 Å². The van der Waals surface area contributed by atoms with Crippen molar-refractivity contribution in [3.8, 4) is 0 Å².